The first kappa shape index (κ1) is 48.6. The van der Waals surface area contributed by atoms with Crippen LogP contribution in [0.3, 0.4) is 0 Å². The maximum Gasteiger partial charge on any atom is 0.355 e. The molecule has 67 heavy (non-hydrogen) atoms. The minimum absolute atomic E-state index is 0.0254. The number of terminal acetylenes is 1. The summed E-state index contributed by atoms with van der Waals surface area (Å²) in [6.07, 6.45) is 9.84. The van der Waals surface area contributed by atoms with Crippen molar-refractivity contribution >= 4 is 40.5 Å². The van der Waals surface area contributed by atoms with Crippen molar-refractivity contribution in [2.45, 2.75) is 97.2 Å². The van der Waals surface area contributed by atoms with Gasteiger partial charge in [-0.05, 0) is 84.7 Å². The van der Waals surface area contributed by atoms with Gasteiger partial charge in [0.15, 0.2) is 0 Å². The van der Waals surface area contributed by atoms with Gasteiger partial charge in [0.2, 0.25) is 23.4 Å². The molecular weight excluding hydrogens is 851 g/mol. The first-order chi connectivity index (χ1) is 31.9. The van der Waals surface area contributed by atoms with Gasteiger partial charge in [-0.1, -0.05) is 70.5 Å². The molecule has 4 aromatic rings. The number of benzene rings is 2. The Hall–Kier alpha value is -6.34. The van der Waals surface area contributed by atoms with E-state index >= 15 is 0 Å². The van der Waals surface area contributed by atoms with Gasteiger partial charge in [0.05, 0.1) is 36.6 Å². The summed E-state index contributed by atoms with van der Waals surface area (Å²) in [4.78, 5) is 77.2. The van der Waals surface area contributed by atoms with E-state index < -0.39 is 46.9 Å². The molecule has 5 heterocycles. The predicted molar refractivity (Wildman–Crippen MR) is 254 cm³/mol. The summed E-state index contributed by atoms with van der Waals surface area (Å²) in [6, 6.07) is 15.7. The highest BCUT2D eigenvalue weighted by Gasteiger charge is 2.46. The van der Waals surface area contributed by atoms with E-state index in [0.717, 1.165) is 50.1 Å². The number of aromatic nitrogens is 2. The molecule has 6 bridgehead atoms. The number of nitrogens with one attached hydrogen (secondary N) is 2. The summed E-state index contributed by atoms with van der Waals surface area (Å²) in [5, 5.41) is 17.0. The second-order valence-corrected chi connectivity index (χ2v) is 19.2. The first-order valence-electron chi connectivity index (χ1n) is 23.0. The van der Waals surface area contributed by atoms with Crippen molar-refractivity contribution in [2.24, 2.45) is 17.3 Å². The number of likely N-dealkylation sites (N-methyl/N-ethyl adjacent to an activating group) is 1. The molecule has 0 spiro atoms. The molecule has 2 saturated heterocycles. The Morgan fingerprint density at radius 1 is 1.12 bits per heavy atom. The van der Waals surface area contributed by atoms with E-state index in [9.17, 15) is 29.1 Å². The maximum atomic E-state index is 14.7. The Balaban J connectivity index is 1.32. The molecule has 0 radical (unpaired) electrons. The van der Waals surface area contributed by atoms with Gasteiger partial charge >= 0.3 is 5.97 Å². The van der Waals surface area contributed by atoms with Crippen LogP contribution in [0.25, 0.3) is 33.3 Å². The van der Waals surface area contributed by atoms with Crippen molar-refractivity contribution in [3.05, 3.63) is 90.3 Å². The molecule has 2 fully saturated rings. The van der Waals surface area contributed by atoms with E-state index in [4.69, 9.17) is 20.9 Å². The third kappa shape index (κ3) is 10.0. The van der Waals surface area contributed by atoms with Gasteiger partial charge in [0.1, 0.15) is 12.1 Å². The van der Waals surface area contributed by atoms with Gasteiger partial charge < -0.3 is 34.3 Å². The largest absolute Gasteiger partial charge is 0.462 e. The van der Waals surface area contributed by atoms with Crippen LogP contribution in [-0.4, -0.2) is 117 Å². The number of esters is 1. The number of fused-ring (bicyclic) bond motifs is 6. The lowest BCUT2D eigenvalue weighted by molar-refractivity contribution is -0.189. The van der Waals surface area contributed by atoms with E-state index in [1.165, 1.54) is 16.0 Å². The number of hydrazine groups is 1. The zero-order valence-electron chi connectivity index (χ0n) is 39.6. The van der Waals surface area contributed by atoms with E-state index in [2.05, 4.69) is 39.9 Å². The van der Waals surface area contributed by atoms with E-state index in [0.29, 0.717) is 19.4 Å². The zero-order chi connectivity index (χ0) is 48.4. The molecular formula is C52H63N7O8. The highest BCUT2D eigenvalue weighted by molar-refractivity contribution is 5.96. The standard InChI is InChI=1S/C52H63N7O8/c1-10-23-58-42-19-18-36-28-39(42)40(46(58)38-17-13-22-53-44(38)33(5)66-9)29-51(6,7)31-67-50(64)52(65)21-14-24-59(55-52)49(63)41(27-34-15-12-16-35(36)26-34)54-47(61)45(32(3)4)56(8)48(62)37-20-25-57(30-37)43(60)11-2/h1,11-13,15-19,22,26,28,32-33,37,41,45,55,65H,2,14,20-21,23-25,27,29-31H2,3-9H3,(H,54,61)/t33-,37-,41-,45-,52-/m0/s1. The number of hydrogen-bond acceptors (Lipinski definition) is 10. The highest BCUT2D eigenvalue weighted by atomic mass is 16.6. The molecule has 0 saturated carbocycles. The third-order valence-electron chi connectivity index (χ3n) is 13.3. The van der Waals surface area contributed by atoms with Gasteiger partial charge in [-0.25, -0.2) is 4.79 Å². The number of hydrogen-bond donors (Lipinski definition) is 3. The van der Waals surface area contributed by atoms with Crippen LogP contribution in [0.1, 0.15) is 76.8 Å². The molecule has 4 amide bonds. The molecule has 0 aliphatic carbocycles. The Bertz CT molecular complexity index is 2610. The molecule has 3 aliphatic heterocycles. The van der Waals surface area contributed by atoms with Gasteiger partial charge in [0.25, 0.3) is 5.91 Å². The topological polar surface area (TPSA) is 176 Å². The molecule has 15 nitrogen and oxygen atoms in total. The number of rotatable bonds is 10. The smallest absolute Gasteiger partial charge is 0.355 e. The summed E-state index contributed by atoms with van der Waals surface area (Å²) in [7, 11) is 3.21. The Morgan fingerprint density at radius 3 is 2.60 bits per heavy atom. The average Bonchev–Trinajstić information content (AvgIpc) is 3.92. The first-order valence-corrected chi connectivity index (χ1v) is 23.0. The van der Waals surface area contributed by atoms with Gasteiger partial charge in [-0.15, -0.1) is 6.42 Å². The average molecular weight is 914 g/mol. The minimum atomic E-state index is -2.25. The van der Waals surface area contributed by atoms with Crippen LogP contribution in [0.2, 0.25) is 0 Å². The van der Waals surface area contributed by atoms with Crippen LogP contribution in [0.15, 0.2) is 73.4 Å². The summed E-state index contributed by atoms with van der Waals surface area (Å²) < 4.78 is 13.9. The molecule has 15 heteroatoms. The maximum absolute atomic E-state index is 14.7. The second kappa shape index (κ2) is 19.9. The van der Waals surface area contributed by atoms with Crippen molar-refractivity contribution in [1.82, 2.24) is 35.1 Å². The summed E-state index contributed by atoms with van der Waals surface area (Å²) >= 11 is 0. The fourth-order valence-corrected chi connectivity index (χ4v) is 9.85. The van der Waals surface area contributed by atoms with Crippen LogP contribution in [-0.2, 0) is 52.8 Å². The van der Waals surface area contributed by atoms with E-state index in [1.807, 2.05) is 77.1 Å². The molecule has 0 unspecified atom stereocenters. The predicted octanol–water partition coefficient (Wildman–Crippen LogP) is 5.20. The van der Waals surface area contributed by atoms with E-state index in [-0.39, 0.29) is 69.3 Å². The Morgan fingerprint density at radius 2 is 1.88 bits per heavy atom. The molecule has 7 rings (SSSR count). The lowest BCUT2D eigenvalue weighted by Crippen LogP contribution is -2.67. The van der Waals surface area contributed by atoms with Gasteiger partial charge in [0, 0.05) is 74.7 Å². The number of likely N-dealkylation sites (tertiary alicyclic amines) is 1. The van der Waals surface area contributed by atoms with E-state index in [1.54, 1.807) is 25.3 Å². The monoisotopic (exact) mass is 913 g/mol. The normalized spacial score (nSPS) is 21.8. The summed E-state index contributed by atoms with van der Waals surface area (Å²) in [6.45, 7) is 14.1. The van der Waals surface area contributed by atoms with Gasteiger partial charge in [-0.3, -0.25) is 29.2 Å². The number of carbonyl (C=O) groups is 5. The Labute approximate surface area is 392 Å². The second-order valence-electron chi connectivity index (χ2n) is 19.2. The fourth-order valence-electron chi connectivity index (χ4n) is 9.85. The highest BCUT2D eigenvalue weighted by Crippen LogP contribution is 2.42. The minimum Gasteiger partial charge on any atom is -0.462 e. The molecule has 5 atom stereocenters. The molecule has 354 valence electrons. The molecule has 3 aliphatic rings. The quantitative estimate of drug-likeness (QED) is 0.109. The van der Waals surface area contributed by atoms with Crippen LogP contribution in [0.4, 0.5) is 0 Å². The zero-order valence-corrected chi connectivity index (χ0v) is 39.6. The number of aliphatic hydroxyl groups is 1. The number of amides is 4. The van der Waals surface area contributed by atoms with Crippen LogP contribution >= 0.6 is 0 Å². The molecule has 2 aromatic carbocycles. The summed E-state index contributed by atoms with van der Waals surface area (Å²) in [5.41, 5.74) is 6.69. The van der Waals surface area contributed by atoms with Crippen molar-refractivity contribution in [3.63, 3.8) is 0 Å². The van der Waals surface area contributed by atoms with Crippen LogP contribution in [0.5, 0.6) is 0 Å². The lowest BCUT2D eigenvalue weighted by atomic mass is 9.84. The number of cyclic esters (lactones) is 1. The number of ether oxygens (including phenoxy) is 2. The van der Waals surface area contributed by atoms with Crippen LogP contribution < -0.4 is 10.7 Å². The number of methoxy groups -OCH3 is 1. The Kier molecular flexibility index (Phi) is 14.4. The summed E-state index contributed by atoms with van der Waals surface area (Å²) in [5.74, 6) is -0.618. The van der Waals surface area contributed by atoms with Crippen molar-refractivity contribution in [1.29, 1.82) is 0 Å². The SMILES string of the molecule is C#CCn1c(-c2cccnc2[C@H](C)OC)c2c3cc(ccc31)-c1cccc(c1)C[C@H](NC(=O)[C@H](C(C)C)N(C)C(=O)[C@H]1CCN(C(=O)C=C)C1)C(=O)N1CCC[C@@](O)(N1)C(=O)OCC(C)(C)C2. The van der Waals surface area contributed by atoms with Crippen LogP contribution in [0, 0.1) is 29.6 Å². The third-order valence-corrected chi connectivity index (χ3v) is 13.3. The molecule has 3 N–H and O–H groups in total. The van der Waals surface area contributed by atoms with Crippen molar-refractivity contribution in [3.8, 4) is 34.7 Å². The number of pyridine rings is 1. The number of carbonyl (C=O) groups excluding carboxylic acids is 5. The van der Waals surface area contributed by atoms with Crippen molar-refractivity contribution in [2.75, 3.05) is 40.4 Å². The lowest BCUT2D eigenvalue weighted by Gasteiger charge is -2.40. The van der Waals surface area contributed by atoms with Crippen molar-refractivity contribution < 1.29 is 38.6 Å². The number of nitrogens with zero attached hydrogens (tertiary/aromatic N) is 5. The fraction of sp³-hybridized carbons (Fsp3) is 0.462. The molecule has 2 aromatic heterocycles. The van der Waals surface area contributed by atoms with Gasteiger partial charge in [-0.2, -0.15) is 5.43 Å².